The summed E-state index contributed by atoms with van der Waals surface area (Å²) in [6.45, 7) is 1.19. The Bertz CT molecular complexity index is 1080. The summed E-state index contributed by atoms with van der Waals surface area (Å²) < 4.78 is 46.3. The minimum atomic E-state index is -3.25. The molecule has 1 aliphatic rings. The number of rotatable bonds is 11. The van der Waals surface area contributed by atoms with Gasteiger partial charge in [-0.25, -0.2) is 13.8 Å². The number of para-hydroxylation sites is 1. The fraction of sp³-hybridized carbons (Fsp3) is 0.500. The van der Waals surface area contributed by atoms with Gasteiger partial charge in [0.2, 0.25) is 5.88 Å². The molecule has 2 aromatic heterocycles. The molecule has 1 aromatic carbocycles. The molecule has 4 rings (SSSR count). The van der Waals surface area contributed by atoms with Crippen LogP contribution in [0, 0.1) is 0 Å². The van der Waals surface area contributed by atoms with Gasteiger partial charge in [0.05, 0.1) is 37.3 Å². The Hall–Kier alpha value is -2.69. The zero-order chi connectivity index (χ0) is 24.1. The Balaban J connectivity index is 1.60. The van der Waals surface area contributed by atoms with Gasteiger partial charge in [0.1, 0.15) is 13.2 Å². The number of benzene rings is 1. The van der Waals surface area contributed by atoms with Gasteiger partial charge in [-0.2, -0.15) is 0 Å². The fourth-order valence-electron chi connectivity index (χ4n) is 4.48. The van der Waals surface area contributed by atoms with E-state index in [2.05, 4.69) is 20.3 Å². The van der Waals surface area contributed by atoms with Crippen molar-refractivity contribution in [2.45, 2.75) is 37.8 Å². The van der Waals surface area contributed by atoms with Gasteiger partial charge in [0.15, 0.2) is 0 Å². The lowest BCUT2D eigenvalue weighted by molar-refractivity contribution is -0.0867. The van der Waals surface area contributed by atoms with Crippen molar-refractivity contribution in [1.29, 1.82) is 0 Å². The highest BCUT2D eigenvalue weighted by Crippen LogP contribution is 2.41. The second-order valence-electron chi connectivity index (χ2n) is 8.63. The number of alkyl halides is 3. The molecule has 0 saturated carbocycles. The van der Waals surface area contributed by atoms with E-state index in [-0.39, 0.29) is 12.7 Å². The number of nitrogens with zero attached hydrogens (tertiary/aromatic N) is 3. The van der Waals surface area contributed by atoms with E-state index < -0.39 is 25.1 Å². The van der Waals surface area contributed by atoms with Crippen molar-refractivity contribution in [3.05, 3.63) is 53.6 Å². The van der Waals surface area contributed by atoms with E-state index in [0.717, 1.165) is 22.2 Å². The highest BCUT2D eigenvalue weighted by Gasteiger charge is 2.42. The van der Waals surface area contributed by atoms with Crippen LogP contribution >= 0.6 is 0 Å². The first-order valence-electron chi connectivity index (χ1n) is 11.5. The molecule has 0 saturated heterocycles. The Morgan fingerprint density at radius 1 is 1.24 bits per heavy atom. The summed E-state index contributed by atoms with van der Waals surface area (Å²) in [6.07, 6.45) is 4.09. The Kier molecular flexibility index (Phi) is 7.70. The lowest BCUT2D eigenvalue weighted by Crippen LogP contribution is -2.49. The van der Waals surface area contributed by atoms with Crippen LogP contribution in [-0.4, -0.2) is 76.4 Å². The zero-order valence-electron chi connectivity index (χ0n) is 19.1. The van der Waals surface area contributed by atoms with E-state index in [1.54, 1.807) is 11.1 Å². The number of nitrogens with one attached hydrogen (secondary N) is 2. The molecule has 3 aromatic rings. The number of halogens is 3. The summed E-state index contributed by atoms with van der Waals surface area (Å²) in [5, 5.41) is 13.3. The van der Waals surface area contributed by atoms with Crippen molar-refractivity contribution < 1.29 is 23.0 Å². The number of H-pyrrole nitrogens is 1. The molecule has 0 bridgehead atoms. The van der Waals surface area contributed by atoms with Crippen LogP contribution in [0.1, 0.15) is 36.3 Å². The van der Waals surface area contributed by atoms with Gasteiger partial charge in [-0.05, 0) is 37.9 Å². The van der Waals surface area contributed by atoms with Gasteiger partial charge in [0, 0.05) is 29.2 Å². The maximum atomic E-state index is 14.3. The summed E-state index contributed by atoms with van der Waals surface area (Å²) in [7, 11) is 0. The van der Waals surface area contributed by atoms with Gasteiger partial charge >= 0.3 is 0 Å². The Morgan fingerprint density at radius 3 is 2.79 bits per heavy atom. The minimum absolute atomic E-state index is 0.206. The lowest BCUT2D eigenvalue weighted by Gasteiger charge is -2.41. The van der Waals surface area contributed by atoms with Crippen LogP contribution in [0.5, 0.6) is 5.88 Å². The molecule has 1 aliphatic heterocycles. The average Bonchev–Trinajstić information content (AvgIpc) is 3.20. The number of aliphatic hydroxyl groups is 1. The predicted molar refractivity (Wildman–Crippen MR) is 123 cm³/mol. The number of hydrogen-bond acceptors (Lipinski definition) is 6. The van der Waals surface area contributed by atoms with Crippen LogP contribution in [0.2, 0.25) is 0 Å². The Morgan fingerprint density at radius 2 is 2.06 bits per heavy atom. The number of aliphatic hydroxyl groups excluding tert-OH is 1. The quantitative estimate of drug-likeness (QED) is 0.368. The third-order valence-corrected chi connectivity index (χ3v) is 6.11. The average molecular weight is 478 g/mol. The van der Waals surface area contributed by atoms with Crippen LogP contribution in [0.4, 0.5) is 13.2 Å². The second-order valence-corrected chi connectivity index (χ2v) is 8.63. The molecule has 3 heterocycles. The number of ether oxygens (including phenoxy) is 1. The highest BCUT2D eigenvalue weighted by atomic mass is 19.3. The van der Waals surface area contributed by atoms with E-state index >= 15 is 0 Å². The van der Waals surface area contributed by atoms with Crippen molar-refractivity contribution in [3.8, 4) is 5.88 Å². The molecule has 184 valence electrons. The highest BCUT2D eigenvalue weighted by molar-refractivity contribution is 5.85. The molecular weight excluding hydrogens is 447 g/mol. The third kappa shape index (κ3) is 5.34. The van der Waals surface area contributed by atoms with Crippen LogP contribution in [0.3, 0.4) is 0 Å². The molecule has 3 N–H and O–H groups in total. The maximum absolute atomic E-state index is 14.3. The monoisotopic (exact) mass is 477 g/mol. The topological polar surface area (TPSA) is 86.3 Å². The first-order chi connectivity index (χ1) is 16.4. The SMILES string of the molecule is C[C@@H]1Cc2c([nH]c3ccccc23)[C@@H](c2cnc(OCCNCCCF)cn2)N1CC(F)(F)CO. The third-order valence-electron chi connectivity index (χ3n) is 6.11. The maximum Gasteiger partial charge on any atom is 0.283 e. The minimum Gasteiger partial charge on any atom is -0.475 e. The number of aromatic nitrogens is 3. The molecule has 2 atom stereocenters. The lowest BCUT2D eigenvalue weighted by atomic mass is 9.90. The van der Waals surface area contributed by atoms with Gasteiger partial charge in [-0.3, -0.25) is 14.3 Å². The Labute approximate surface area is 196 Å². The molecule has 0 spiro atoms. The van der Waals surface area contributed by atoms with Crippen LogP contribution in [0.25, 0.3) is 10.9 Å². The summed E-state index contributed by atoms with van der Waals surface area (Å²) in [4.78, 5) is 13.9. The molecule has 10 heteroatoms. The molecular formula is C24H30F3N5O2. The van der Waals surface area contributed by atoms with Crippen molar-refractivity contribution >= 4 is 10.9 Å². The predicted octanol–water partition coefficient (Wildman–Crippen LogP) is 3.25. The summed E-state index contributed by atoms with van der Waals surface area (Å²) in [5.41, 5.74) is 3.35. The van der Waals surface area contributed by atoms with Crippen molar-refractivity contribution in [2.75, 3.05) is 39.5 Å². The van der Waals surface area contributed by atoms with Gasteiger partial charge in [0.25, 0.3) is 5.92 Å². The summed E-state index contributed by atoms with van der Waals surface area (Å²) in [6, 6.07) is 7.09. The first-order valence-corrected chi connectivity index (χ1v) is 11.5. The normalized spacial score (nSPS) is 18.9. The molecule has 0 radical (unpaired) electrons. The second kappa shape index (κ2) is 10.7. The number of aromatic amines is 1. The van der Waals surface area contributed by atoms with Crippen molar-refractivity contribution in [2.24, 2.45) is 0 Å². The van der Waals surface area contributed by atoms with Crippen LogP contribution in [-0.2, 0) is 6.42 Å². The fourth-order valence-corrected chi connectivity index (χ4v) is 4.48. The smallest absolute Gasteiger partial charge is 0.283 e. The van der Waals surface area contributed by atoms with E-state index in [1.807, 2.05) is 31.2 Å². The van der Waals surface area contributed by atoms with E-state index in [9.17, 15) is 18.3 Å². The van der Waals surface area contributed by atoms with Crippen molar-refractivity contribution in [1.82, 2.24) is 25.2 Å². The van der Waals surface area contributed by atoms with Crippen LogP contribution < -0.4 is 10.1 Å². The molecule has 7 nitrogen and oxygen atoms in total. The van der Waals surface area contributed by atoms with E-state index in [4.69, 9.17) is 4.74 Å². The van der Waals surface area contributed by atoms with Gasteiger partial charge in [-0.15, -0.1) is 0 Å². The van der Waals surface area contributed by atoms with Gasteiger partial charge < -0.3 is 20.1 Å². The molecule has 0 aliphatic carbocycles. The van der Waals surface area contributed by atoms with Crippen LogP contribution in [0.15, 0.2) is 36.7 Å². The van der Waals surface area contributed by atoms with Crippen molar-refractivity contribution in [3.63, 3.8) is 0 Å². The van der Waals surface area contributed by atoms with E-state index in [1.165, 1.54) is 6.20 Å². The first kappa shape index (κ1) is 24.4. The largest absolute Gasteiger partial charge is 0.475 e. The summed E-state index contributed by atoms with van der Waals surface area (Å²) in [5.74, 6) is -2.93. The molecule has 0 unspecified atom stereocenters. The molecule has 0 fully saturated rings. The number of fused-ring (bicyclic) bond motifs is 3. The number of hydrogen-bond donors (Lipinski definition) is 3. The van der Waals surface area contributed by atoms with E-state index in [0.29, 0.717) is 44.1 Å². The molecule has 0 amide bonds. The standard InChI is InChI=1S/C24H30F3N5O2/c1-16-11-18-17-5-2-3-6-19(17)31-22(18)23(32(16)14-24(26,27)15-33)20-12-30-21(13-29-20)34-10-9-28-8-4-7-25/h2-3,5-6,12-13,16,23,28,31,33H,4,7-11,14-15H2,1H3/t16-,23-/m1/s1. The molecule has 34 heavy (non-hydrogen) atoms. The van der Waals surface area contributed by atoms with Gasteiger partial charge in [-0.1, -0.05) is 18.2 Å². The summed E-state index contributed by atoms with van der Waals surface area (Å²) >= 11 is 0. The zero-order valence-corrected chi connectivity index (χ0v) is 19.1.